The second-order valence-corrected chi connectivity index (χ2v) is 9.76. The number of benzene rings is 2. The van der Waals surface area contributed by atoms with Gasteiger partial charge in [0.05, 0.1) is 0 Å². The maximum atomic E-state index is 13.0. The first-order valence-electron chi connectivity index (χ1n) is 10.1. The highest BCUT2D eigenvalue weighted by atomic mass is 32.2. The number of hydrogen-bond donors (Lipinski definition) is 2. The zero-order valence-electron chi connectivity index (χ0n) is 18.6. The lowest BCUT2D eigenvalue weighted by molar-refractivity contribution is -0.126. The Labute approximate surface area is 189 Å². The molecule has 0 aliphatic rings. The Hall–Kier alpha value is -3.07. The van der Waals surface area contributed by atoms with Crippen LogP contribution in [0.5, 0.6) is 0 Å². The summed E-state index contributed by atoms with van der Waals surface area (Å²) in [5.41, 5.74) is 0.359. The van der Waals surface area contributed by atoms with Crippen molar-refractivity contribution >= 4 is 39.9 Å². The number of anilines is 2. The van der Waals surface area contributed by atoms with Crippen LogP contribution in [-0.4, -0.2) is 45.0 Å². The fourth-order valence-electron chi connectivity index (χ4n) is 2.90. The zero-order valence-corrected chi connectivity index (χ0v) is 19.4. The summed E-state index contributed by atoms with van der Waals surface area (Å²) in [7, 11) is -1.81. The molecule has 2 atom stereocenters. The maximum absolute atomic E-state index is 13.0. The van der Waals surface area contributed by atoms with Crippen molar-refractivity contribution in [2.45, 2.75) is 39.3 Å². The van der Waals surface area contributed by atoms with Crippen LogP contribution in [0, 0.1) is 5.82 Å². The molecular formula is C23H28FN3O4S. The first-order valence-corrected chi connectivity index (χ1v) is 11.5. The van der Waals surface area contributed by atoms with E-state index in [4.69, 9.17) is 0 Å². The first kappa shape index (κ1) is 25.2. The highest BCUT2D eigenvalue weighted by Gasteiger charge is 2.30. The molecule has 0 unspecified atom stereocenters. The molecule has 2 rings (SSSR count). The van der Waals surface area contributed by atoms with Crippen LogP contribution < -0.4 is 15.5 Å². The molecule has 2 aromatic carbocycles. The minimum Gasteiger partial charge on any atom is -0.350 e. The van der Waals surface area contributed by atoms with Gasteiger partial charge in [0.2, 0.25) is 17.7 Å². The number of nitrogens with zero attached hydrogens (tertiary/aromatic N) is 1. The molecule has 0 bridgehead atoms. The van der Waals surface area contributed by atoms with E-state index in [1.807, 2.05) is 20.8 Å². The van der Waals surface area contributed by atoms with E-state index >= 15 is 0 Å². The molecule has 0 radical (unpaired) electrons. The molecule has 2 aromatic rings. The Bertz CT molecular complexity index is 975. The molecule has 9 heteroatoms. The predicted octanol–water partition coefficient (Wildman–Crippen LogP) is 2.85. The summed E-state index contributed by atoms with van der Waals surface area (Å²) >= 11 is 0. The normalized spacial score (nSPS) is 13.0. The van der Waals surface area contributed by atoms with E-state index in [1.54, 1.807) is 37.3 Å². The number of para-hydroxylation sites is 1. The van der Waals surface area contributed by atoms with E-state index in [0.29, 0.717) is 11.4 Å². The van der Waals surface area contributed by atoms with Crippen molar-refractivity contribution in [3.63, 3.8) is 0 Å². The van der Waals surface area contributed by atoms with Gasteiger partial charge in [-0.1, -0.05) is 18.2 Å². The molecule has 7 nitrogen and oxygen atoms in total. The predicted molar refractivity (Wildman–Crippen MR) is 124 cm³/mol. The minimum atomic E-state index is -1.81. The van der Waals surface area contributed by atoms with Crippen LogP contribution in [-0.2, 0) is 25.2 Å². The smallest absolute Gasteiger partial charge is 0.243 e. The number of hydrogen-bond acceptors (Lipinski definition) is 4. The zero-order chi connectivity index (χ0) is 23.9. The fraction of sp³-hybridized carbons (Fsp3) is 0.348. The molecule has 0 heterocycles. The number of rotatable bonds is 8. The SMILES string of the molecule is C[C@H](C(=O)NC(C)(C)C)N(C(=O)C[S@](=O)CC(=O)Nc1ccc(F)cc1)c1ccccc1. The molecule has 0 fully saturated rings. The molecule has 0 aliphatic heterocycles. The van der Waals surface area contributed by atoms with E-state index in [9.17, 15) is 23.0 Å². The Morgan fingerprint density at radius 3 is 2.16 bits per heavy atom. The highest BCUT2D eigenvalue weighted by molar-refractivity contribution is 7.86. The van der Waals surface area contributed by atoms with Crippen LogP contribution in [0.3, 0.4) is 0 Å². The van der Waals surface area contributed by atoms with Crippen molar-refractivity contribution in [2.75, 3.05) is 21.7 Å². The van der Waals surface area contributed by atoms with Gasteiger partial charge in [-0.2, -0.15) is 0 Å². The van der Waals surface area contributed by atoms with E-state index in [-0.39, 0.29) is 5.91 Å². The van der Waals surface area contributed by atoms with Crippen LogP contribution >= 0.6 is 0 Å². The summed E-state index contributed by atoms with van der Waals surface area (Å²) in [6.07, 6.45) is 0. The number of carbonyl (C=O) groups is 3. The van der Waals surface area contributed by atoms with Gasteiger partial charge in [-0.05, 0) is 64.1 Å². The van der Waals surface area contributed by atoms with Crippen LogP contribution in [0.4, 0.5) is 15.8 Å². The molecule has 0 saturated carbocycles. The van der Waals surface area contributed by atoms with E-state index in [1.165, 1.54) is 29.2 Å². The van der Waals surface area contributed by atoms with Crippen molar-refractivity contribution in [2.24, 2.45) is 0 Å². The molecule has 0 saturated heterocycles. The van der Waals surface area contributed by atoms with Gasteiger partial charge < -0.3 is 10.6 Å². The summed E-state index contributed by atoms with van der Waals surface area (Å²) in [5, 5.41) is 5.35. The first-order chi connectivity index (χ1) is 15.0. The van der Waals surface area contributed by atoms with Crippen molar-refractivity contribution in [1.29, 1.82) is 0 Å². The molecule has 0 spiro atoms. The standard InChI is InChI=1S/C23H28FN3O4S/c1-16(22(30)26-23(2,3)4)27(19-8-6-5-7-9-19)21(29)15-32(31)14-20(28)25-18-12-10-17(24)11-13-18/h5-13,16H,14-15H2,1-4H3,(H,25,28)(H,26,30)/t16-,32-/m1/s1. The van der Waals surface area contributed by atoms with Gasteiger partial charge in [0.15, 0.2) is 0 Å². The molecule has 3 amide bonds. The molecule has 0 aliphatic carbocycles. The third-order valence-corrected chi connectivity index (χ3v) is 5.43. The Morgan fingerprint density at radius 1 is 1.00 bits per heavy atom. The lowest BCUT2D eigenvalue weighted by atomic mass is 10.1. The Balaban J connectivity index is 2.08. The summed E-state index contributed by atoms with van der Waals surface area (Å²) in [6.45, 7) is 7.10. The van der Waals surface area contributed by atoms with E-state index in [0.717, 1.165) is 0 Å². The van der Waals surface area contributed by atoms with Crippen LogP contribution in [0.1, 0.15) is 27.7 Å². The number of halogens is 1. The second-order valence-electron chi connectivity index (χ2n) is 8.30. The third kappa shape index (κ3) is 7.88. The maximum Gasteiger partial charge on any atom is 0.243 e. The summed E-state index contributed by atoms with van der Waals surface area (Å²) in [6, 6.07) is 12.9. The van der Waals surface area contributed by atoms with E-state index in [2.05, 4.69) is 10.6 Å². The summed E-state index contributed by atoms with van der Waals surface area (Å²) in [5.74, 6) is -2.74. The van der Waals surface area contributed by atoms with Crippen molar-refractivity contribution in [3.05, 3.63) is 60.4 Å². The largest absolute Gasteiger partial charge is 0.350 e. The van der Waals surface area contributed by atoms with Crippen LogP contribution in [0.15, 0.2) is 54.6 Å². The molecular weight excluding hydrogens is 433 g/mol. The highest BCUT2D eigenvalue weighted by Crippen LogP contribution is 2.18. The van der Waals surface area contributed by atoms with Gasteiger partial charge in [-0.3, -0.25) is 23.5 Å². The van der Waals surface area contributed by atoms with Crippen LogP contribution in [0.2, 0.25) is 0 Å². The lowest BCUT2D eigenvalue weighted by Gasteiger charge is -2.31. The average molecular weight is 462 g/mol. The van der Waals surface area contributed by atoms with Crippen molar-refractivity contribution in [3.8, 4) is 0 Å². The topological polar surface area (TPSA) is 95.6 Å². The Kier molecular flexibility index (Phi) is 8.65. The van der Waals surface area contributed by atoms with Crippen LogP contribution in [0.25, 0.3) is 0 Å². The monoisotopic (exact) mass is 461 g/mol. The quantitative estimate of drug-likeness (QED) is 0.632. The number of nitrogens with one attached hydrogen (secondary N) is 2. The lowest BCUT2D eigenvalue weighted by Crippen LogP contribution is -2.53. The minimum absolute atomic E-state index is 0.352. The van der Waals surface area contributed by atoms with Gasteiger partial charge in [0.25, 0.3) is 0 Å². The van der Waals surface area contributed by atoms with Crippen molar-refractivity contribution < 1.29 is 23.0 Å². The van der Waals surface area contributed by atoms with Gasteiger partial charge >= 0.3 is 0 Å². The second kappa shape index (κ2) is 11.0. The Morgan fingerprint density at radius 2 is 1.59 bits per heavy atom. The van der Waals surface area contributed by atoms with Gasteiger partial charge in [-0.15, -0.1) is 0 Å². The average Bonchev–Trinajstić information content (AvgIpc) is 2.69. The summed E-state index contributed by atoms with van der Waals surface area (Å²) < 4.78 is 25.5. The van der Waals surface area contributed by atoms with Crippen molar-refractivity contribution in [1.82, 2.24) is 5.32 Å². The number of carbonyl (C=O) groups excluding carboxylic acids is 3. The van der Waals surface area contributed by atoms with Gasteiger partial charge in [-0.25, -0.2) is 4.39 Å². The molecule has 2 N–H and O–H groups in total. The molecule has 0 aromatic heterocycles. The third-order valence-electron chi connectivity index (χ3n) is 4.27. The molecule has 172 valence electrons. The van der Waals surface area contributed by atoms with Gasteiger partial charge in [0, 0.05) is 27.7 Å². The summed E-state index contributed by atoms with van der Waals surface area (Å²) in [4.78, 5) is 39.1. The molecule has 32 heavy (non-hydrogen) atoms. The van der Waals surface area contributed by atoms with E-state index < -0.39 is 51.5 Å². The number of amides is 3. The van der Waals surface area contributed by atoms with Gasteiger partial charge in [0.1, 0.15) is 23.4 Å². The fourth-order valence-corrected chi connectivity index (χ4v) is 3.78.